The van der Waals surface area contributed by atoms with Gasteiger partial charge in [-0.25, -0.2) is 0 Å². The Hall–Kier alpha value is -0.980. The van der Waals surface area contributed by atoms with Gasteiger partial charge in [0.1, 0.15) is 5.78 Å². The van der Waals surface area contributed by atoms with Crippen LogP contribution < -0.4 is 16.4 Å². The van der Waals surface area contributed by atoms with Crippen LogP contribution in [-0.2, 0) is 4.79 Å². The van der Waals surface area contributed by atoms with E-state index < -0.39 is 0 Å². The molecule has 0 radical (unpaired) electrons. The Labute approximate surface area is 177 Å². The second kappa shape index (κ2) is 12.0. The molecule has 0 spiro atoms. The fraction of sp³-hybridized carbons (Fsp3) is 0.913. The van der Waals surface area contributed by atoms with E-state index >= 15 is 0 Å². The van der Waals surface area contributed by atoms with Crippen LogP contribution in [-0.4, -0.2) is 47.4 Å². The van der Waals surface area contributed by atoms with Gasteiger partial charge in [-0.05, 0) is 84.3 Å². The highest BCUT2D eigenvalue weighted by Gasteiger charge is 2.36. The van der Waals surface area contributed by atoms with Crippen LogP contribution in [0.25, 0.3) is 0 Å². The highest BCUT2D eigenvalue weighted by atomic mass is 16.4. The van der Waals surface area contributed by atoms with Gasteiger partial charge in [-0.1, -0.05) is 43.7 Å². The lowest BCUT2D eigenvalue weighted by atomic mass is 9.78. The number of nitrogens with one attached hydrogen (secondary N) is 2. The zero-order valence-electron chi connectivity index (χ0n) is 18.8. The summed E-state index contributed by atoms with van der Waals surface area (Å²) in [5.74, 6) is 0.840. The van der Waals surface area contributed by atoms with Crippen LogP contribution in [0.1, 0.15) is 97.3 Å². The number of carbonyl (C=O) groups is 1. The first-order valence-corrected chi connectivity index (χ1v) is 11.9. The lowest BCUT2D eigenvalue weighted by Crippen LogP contribution is -2.53. The molecule has 0 aromatic rings. The molecule has 2 rings (SSSR count). The maximum Gasteiger partial charge on any atom is 0.149 e. The average molecular weight is 409 g/mol. The van der Waals surface area contributed by atoms with Crippen LogP contribution in [0, 0.1) is 5.92 Å². The number of carbonyl (C=O) groups excluding carboxylic acids is 1. The minimum absolute atomic E-state index is 0.140. The fourth-order valence-corrected chi connectivity index (χ4v) is 5.43. The number of nitrogens with zero attached hydrogens (tertiary/aromatic N) is 1. The predicted molar refractivity (Wildman–Crippen MR) is 120 cm³/mol. The number of rotatable bonds is 12. The molecule has 168 valence electrons. The van der Waals surface area contributed by atoms with E-state index in [1.807, 2.05) is 6.92 Å². The zero-order valence-corrected chi connectivity index (χ0v) is 18.8. The summed E-state index contributed by atoms with van der Waals surface area (Å²) in [4.78, 5) is 12.3. The highest BCUT2D eigenvalue weighted by molar-refractivity contribution is 5.91. The number of oxime groups is 1. The lowest BCUT2D eigenvalue weighted by Gasteiger charge is -2.38. The van der Waals surface area contributed by atoms with Gasteiger partial charge in [0.2, 0.25) is 0 Å². The van der Waals surface area contributed by atoms with Gasteiger partial charge in [0.15, 0.2) is 0 Å². The first kappa shape index (κ1) is 24.3. The molecular weight excluding hydrogens is 364 g/mol. The van der Waals surface area contributed by atoms with Gasteiger partial charge in [0.05, 0.1) is 16.8 Å². The van der Waals surface area contributed by atoms with E-state index in [0.29, 0.717) is 18.2 Å². The molecule has 6 nitrogen and oxygen atoms in total. The molecule has 0 heterocycles. The summed E-state index contributed by atoms with van der Waals surface area (Å²) < 4.78 is 0. The largest absolute Gasteiger partial charge is 0.411 e. The summed E-state index contributed by atoms with van der Waals surface area (Å²) in [7, 11) is 0. The van der Waals surface area contributed by atoms with E-state index in [4.69, 9.17) is 5.73 Å². The smallest absolute Gasteiger partial charge is 0.149 e. The maximum atomic E-state index is 12.3. The van der Waals surface area contributed by atoms with Crippen LogP contribution in [0.4, 0.5) is 0 Å². The van der Waals surface area contributed by atoms with Crippen molar-refractivity contribution in [2.24, 2.45) is 16.8 Å². The molecule has 2 aliphatic rings. The molecule has 6 heteroatoms. The van der Waals surface area contributed by atoms with Crippen LogP contribution in [0.15, 0.2) is 5.16 Å². The Bertz CT molecular complexity index is 523. The van der Waals surface area contributed by atoms with E-state index in [-0.39, 0.29) is 11.1 Å². The quantitative estimate of drug-likeness (QED) is 0.224. The van der Waals surface area contributed by atoms with Crippen LogP contribution in [0.3, 0.4) is 0 Å². The Morgan fingerprint density at radius 1 is 0.897 bits per heavy atom. The van der Waals surface area contributed by atoms with E-state index in [9.17, 15) is 10.0 Å². The van der Waals surface area contributed by atoms with Gasteiger partial charge in [-0.3, -0.25) is 4.79 Å². The maximum absolute atomic E-state index is 12.3. The second-order valence-electron chi connectivity index (χ2n) is 9.40. The van der Waals surface area contributed by atoms with Crippen molar-refractivity contribution in [2.75, 3.05) is 19.6 Å². The second-order valence-corrected chi connectivity index (χ2v) is 9.40. The van der Waals surface area contributed by atoms with Crippen LogP contribution >= 0.6 is 0 Å². The Balaban J connectivity index is 1.83. The monoisotopic (exact) mass is 408 g/mol. The Kier molecular flexibility index (Phi) is 10.1. The minimum atomic E-state index is -0.287. The first-order chi connectivity index (χ1) is 14.0. The number of nitrogens with two attached hydrogens (primary N) is 1. The molecular formula is C23H44N4O2. The Morgan fingerprint density at radius 3 is 1.83 bits per heavy atom. The van der Waals surface area contributed by atoms with Crippen molar-refractivity contribution in [3.63, 3.8) is 0 Å². The number of Topliss-reactive ketones (excluding diaryl/α,β-unsaturated/α-hetero) is 1. The molecule has 1 unspecified atom stereocenters. The third-order valence-corrected chi connectivity index (χ3v) is 7.54. The molecule has 0 aromatic carbocycles. The van der Waals surface area contributed by atoms with Crippen molar-refractivity contribution in [1.29, 1.82) is 0 Å². The topological polar surface area (TPSA) is 99.7 Å². The van der Waals surface area contributed by atoms with E-state index in [0.717, 1.165) is 76.6 Å². The summed E-state index contributed by atoms with van der Waals surface area (Å²) in [5.41, 5.74) is 6.27. The molecule has 2 saturated carbocycles. The van der Waals surface area contributed by atoms with Crippen LogP contribution in [0.2, 0.25) is 0 Å². The summed E-state index contributed by atoms with van der Waals surface area (Å²) >= 11 is 0. The third-order valence-electron chi connectivity index (χ3n) is 7.54. The third kappa shape index (κ3) is 6.76. The average Bonchev–Trinajstić information content (AvgIpc) is 2.74. The van der Waals surface area contributed by atoms with E-state index in [1.54, 1.807) is 6.92 Å². The molecule has 5 N–H and O–H groups in total. The van der Waals surface area contributed by atoms with E-state index in [1.165, 1.54) is 25.7 Å². The van der Waals surface area contributed by atoms with E-state index in [2.05, 4.69) is 15.8 Å². The van der Waals surface area contributed by atoms with Crippen molar-refractivity contribution in [2.45, 2.75) is 108 Å². The summed E-state index contributed by atoms with van der Waals surface area (Å²) in [5, 5.41) is 20.3. The molecule has 2 fully saturated rings. The molecule has 0 saturated heterocycles. The lowest BCUT2D eigenvalue weighted by molar-refractivity contribution is -0.124. The van der Waals surface area contributed by atoms with Crippen molar-refractivity contribution in [1.82, 2.24) is 10.6 Å². The highest BCUT2D eigenvalue weighted by Crippen LogP contribution is 2.31. The van der Waals surface area contributed by atoms with Crippen LogP contribution in [0.5, 0.6) is 0 Å². The Morgan fingerprint density at radius 2 is 1.38 bits per heavy atom. The normalized spacial score (nSPS) is 22.9. The van der Waals surface area contributed by atoms with Crippen molar-refractivity contribution in [3.8, 4) is 0 Å². The number of hydrogen-bond donors (Lipinski definition) is 4. The summed E-state index contributed by atoms with van der Waals surface area (Å²) in [6.07, 6.45) is 14.4. The van der Waals surface area contributed by atoms with Crippen molar-refractivity contribution < 1.29 is 10.0 Å². The summed E-state index contributed by atoms with van der Waals surface area (Å²) in [6.45, 7) is 6.17. The first-order valence-electron chi connectivity index (χ1n) is 11.9. The number of ketones is 1. The molecule has 1 atom stereocenters. The van der Waals surface area contributed by atoms with Gasteiger partial charge in [0.25, 0.3) is 0 Å². The van der Waals surface area contributed by atoms with Gasteiger partial charge >= 0.3 is 0 Å². The standard InChI is InChI=1S/C23H44N4O2/c1-19(27-29)22(12-5-3-6-13-22)25-17-10-21(9-16-24)11-18-26-23(20(2)28)14-7-4-8-15-23/h21,25-26,29H,3-18,24H2,1-2H3. The molecule has 2 aliphatic carbocycles. The number of hydrogen-bond acceptors (Lipinski definition) is 6. The zero-order chi connectivity index (χ0) is 21.2. The van der Waals surface area contributed by atoms with Gasteiger partial charge in [0, 0.05) is 0 Å². The minimum Gasteiger partial charge on any atom is -0.411 e. The molecule has 0 bridgehead atoms. The molecule has 0 aromatic heterocycles. The van der Waals surface area contributed by atoms with Gasteiger partial charge in [-0.15, -0.1) is 0 Å². The van der Waals surface area contributed by atoms with Crippen molar-refractivity contribution in [3.05, 3.63) is 0 Å². The predicted octanol–water partition coefficient (Wildman–Crippen LogP) is 3.76. The van der Waals surface area contributed by atoms with Gasteiger partial charge in [-0.2, -0.15) is 0 Å². The molecule has 29 heavy (non-hydrogen) atoms. The molecule has 0 aliphatic heterocycles. The SMILES string of the molecule is CC(=O)C1(NCCC(CCN)CCNC2(C(C)=NO)CCCCC2)CCCCC1. The van der Waals surface area contributed by atoms with Gasteiger partial charge < -0.3 is 21.6 Å². The fourth-order valence-electron chi connectivity index (χ4n) is 5.43. The molecule has 0 amide bonds. The summed E-state index contributed by atoms with van der Waals surface area (Å²) in [6, 6.07) is 0. The van der Waals surface area contributed by atoms with Crippen molar-refractivity contribution >= 4 is 11.5 Å².